The summed E-state index contributed by atoms with van der Waals surface area (Å²) in [7, 11) is 0. The maximum Gasteiger partial charge on any atom is 0.225 e. The van der Waals surface area contributed by atoms with Crippen molar-refractivity contribution in [2.24, 2.45) is 5.92 Å². The first-order valence-electron chi connectivity index (χ1n) is 9.43. The summed E-state index contributed by atoms with van der Waals surface area (Å²) in [6, 6.07) is 0. The largest absolute Gasteiger partial charge is 0.341 e. The van der Waals surface area contributed by atoms with E-state index in [0.717, 1.165) is 30.5 Å². The average molecular weight is 332 g/mol. The van der Waals surface area contributed by atoms with Gasteiger partial charge < -0.3 is 9.80 Å². The highest BCUT2D eigenvalue weighted by atomic mass is 15.3. The van der Waals surface area contributed by atoms with Gasteiger partial charge in [0.2, 0.25) is 5.95 Å². The molecule has 0 aliphatic carbocycles. The molecule has 1 aromatic rings. The number of aryl methyl sites for hydroxylation is 1. The molecule has 2 aliphatic heterocycles. The highest BCUT2D eigenvalue weighted by molar-refractivity contribution is 5.30. The van der Waals surface area contributed by atoms with Gasteiger partial charge in [-0.3, -0.25) is 4.90 Å². The maximum absolute atomic E-state index is 4.47. The second kappa shape index (κ2) is 7.36. The molecule has 1 aromatic heterocycles. The summed E-state index contributed by atoms with van der Waals surface area (Å²) in [6.07, 6.45) is 6.36. The summed E-state index contributed by atoms with van der Waals surface area (Å²) >= 11 is 0. The minimum Gasteiger partial charge on any atom is -0.341 e. The van der Waals surface area contributed by atoms with Crippen LogP contribution < -0.4 is 4.90 Å². The third-order valence-corrected chi connectivity index (χ3v) is 5.50. The Kier molecular flexibility index (Phi) is 5.40. The van der Waals surface area contributed by atoms with Crippen LogP contribution in [0.15, 0.2) is 12.4 Å². The molecule has 0 radical (unpaired) electrons. The molecule has 24 heavy (non-hydrogen) atoms. The number of rotatable bonds is 3. The smallest absolute Gasteiger partial charge is 0.225 e. The molecule has 2 saturated heterocycles. The average Bonchev–Trinajstić information content (AvgIpc) is 2.56. The van der Waals surface area contributed by atoms with Crippen LogP contribution in [0.3, 0.4) is 0 Å². The van der Waals surface area contributed by atoms with Crippen molar-refractivity contribution < 1.29 is 0 Å². The monoisotopic (exact) mass is 331 g/mol. The number of anilines is 1. The zero-order valence-corrected chi connectivity index (χ0v) is 15.8. The van der Waals surface area contributed by atoms with Gasteiger partial charge >= 0.3 is 0 Å². The molecule has 3 heterocycles. The van der Waals surface area contributed by atoms with Crippen LogP contribution in [-0.2, 0) is 0 Å². The van der Waals surface area contributed by atoms with Crippen LogP contribution in [0, 0.1) is 12.8 Å². The number of piperidine rings is 1. The lowest BCUT2D eigenvalue weighted by atomic mass is 9.96. The Bertz CT molecular complexity index is 506. The van der Waals surface area contributed by atoms with Crippen LogP contribution in [0.4, 0.5) is 5.95 Å². The van der Waals surface area contributed by atoms with Crippen LogP contribution in [0.2, 0.25) is 0 Å². The van der Waals surface area contributed by atoms with Crippen molar-refractivity contribution in [3.8, 4) is 0 Å². The van der Waals surface area contributed by atoms with Gasteiger partial charge in [-0.25, -0.2) is 9.97 Å². The Labute approximate surface area is 147 Å². The van der Waals surface area contributed by atoms with Crippen molar-refractivity contribution in [3.63, 3.8) is 0 Å². The van der Waals surface area contributed by atoms with E-state index in [2.05, 4.69) is 45.4 Å². The summed E-state index contributed by atoms with van der Waals surface area (Å²) < 4.78 is 0. The molecule has 5 nitrogen and oxygen atoms in total. The first-order chi connectivity index (χ1) is 11.4. The maximum atomic E-state index is 4.47. The fourth-order valence-corrected chi connectivity index (χ4v) is 3.83. The Morgan fingerprint density at radius 3 is 2.08 bits per heavy atom. The zero-order chi connectivity index (χ0) is 17.2. The number of piperazine rings is 1. The first kappa shape index (κ1) is 17.6. The molecule has 5 heteroatoms. The molecule has 0 saturated carbocycles. The van der Waals surface area contributed by atoms with E-state index in [4.69, 9.17) is 0 Å². The fourth-order valence-electron chi connectivity index (χ4n) is 3.83. The SMILES string of the molecule is Cc1cnc(N2CCC(CN3CCN(C(C)(C)C)CC3)CC2)nc1. The lowest BCUT2D eigenvalue weighted by molar-refractivity contribution is 0.0533. The van der Waals surface area contributed by atoms with Gasteiger partial charge in [0.1, 0.15) is 0 Å². The van der Waals surface area contributed by atoms with Crippen LogP contribution in [0.5, 0.6) is 0 Å². The second-order valence-electron chi connectivity index (χ2n) is 8.45. The molecule has 0 atom stereocenters. The van der Waals surface area contributed by atoms with Crippen LogP contribution in [0.1, 0.15) is 39.2 Å². The minimum absolute atomic E-state index is 0.311. The summed E-state index contributed by atoms with van der Waals surface area (Å²) in [5.74, 6) is 1.73. The van der Waals surface area contributed by atoms with Gasteiger partial charge in [-0.05, 0) is 52.0 Å². The molecule has 134 valence electrons. The van der Waals surface area contributed by atoms with Gasteiger partial charge in [-0.15, -0.1) is 0 Å². The number of hydrogen-bond donors (Lipinski definition) is 0. The molecule has 2 aliphatic rings. The van der Waals surface area contributed by atoms with E-state index in [1.165, 1.54) is 45.6 Å². The Morgan fingerprint density at radius 1 is 0.958 bits per heavy atom. The van der Waals surface area contributed by atoms with Gasteiger partial charge in [-0.2, -0.15) is 0 Å². The molecular formula is C19H33N5. The summed E-state index contributed by atoms with van der Waals surface area (Å²) in [5, 5.41) is 0. The van der Waals surface area contributed by atoms with Crippen molar-refractivity contribution in [1.82, 2.24) is 19.8 Å². The van der Waals surface area contributed by atoms with Crippen molar-refractivity contribution >= 4 is 5.95 Å². The quantitative estimate of drug-likeness (QED) is 0.850. The van der Waals surface area contributed by atoms with E-state index in [1.54, 1.807) is 0 Å². The van der Waals surface area contributed by atoms with Crippen molar-refractivity contribution in [2.45, 2.75) is 46.1 Å². The van der Waals surface area contributed by atoms with Crippen molar-refractivity contribution in [2.75, 3.05) is 50.7 Å². The number of aromatic nitrogens is 2. The van der Waals surface area contributed by atoms with Gasteiger partial charge in [-0.1, -0.05) is 0 Å². The molecule has 2 fully saturated rings. The first-order valence-corrected chi connectivity index (χ1v) is 9.43. The topological polar surface area (TPSA) is 35.5 Å². The molecule has 0 spiro atoms. The predicted molar refractivity (Wildman–Crippen MR) is 99.5 cm³/mol. The Morgan fingerprint density at radius 2 is 1.54 bits per heavy atom. The molecule has 0 bridgehead atoms. The summed E-state index contributed by atoms with van der Waals surface area (Å²) in [4.78, 5) is 16.6. The van der Waals surface area contributed by atoms with E-state index in [-0.39, 0.29) is 0 Å². The lowest BCUT2D eigenvalue weighted by Gasteiger charge is -2.43. The summed E-state index contributed by atoms with van der Waals surface area (Å²) in [5.41, 5.74) is 1.44. The third kappa shape index (κ3) is 4.45. The van der Waals surface area contributed by atoms with Crippen LogP contribution >= 0.6 is 0 Å². The van der Waals surface area contributed by atoms with Gasteiger partial charge in [0.25, 0.3) is 0 Å². The Hall–Kier alpha value is -1.20. The van der Waals surface area contributed by atoms with Gasteiger partial charge in [0, 0.05) is 63.7 Å². The normalized spacial score (nSPS) is 22.1. The third-order valence-electron chi connectivity index (χ3n) is 5.50. The van der Waals surface area contributed by atoms with E-state index in [9.17, 15) is 0 Å². The zero-order valence-electron chi connectivity index (χ0n) is 15.8. The molecule has 0 aromatic carbocycles. The molecule has 0 unspecified atom stereocenters. The van der Waals surface area contributed by atoms with E-state index in [0.29, 0.717) is 5.54 Å². The van der Waals surface area contributed by atoms with Crippen molar-refractivity contribution in [3.05, 3.63) is 18.0 Å². The van der Waals surface area contributed by atoms with Crippen molar-refractivity contribution in [1.29, 1.82) is 0 Å². The molecule has 0 amide bonds. The molecule has 0 N–H and O–H groups in total. The second-order valence-corrected chi connectivity index (χ2v) is 8.45. The van der Waals surface area contributed by atoms with E-state index in [1.807, 2.05) is 19.3 Å². The number of nitrogens with zero attached hydrogens (tertiary/aromatic N) is 5. The van der Waals surface area contributed by atoms with Gasteiger partial charge in [0.15, 0.2) is 0 Å². The van der Waals surface area contributed by atoms with Gasteiger partial charge in [0.05, 0.1) is 0 Å². The highest BCUT2D eigenvalue weighted by Gasteiger charge is 2.28. The highest BCUT2D eigenvalue weighted by Crippen LogP contribution is 2.23. The number of hydrogen-bond acceptors (Lipinski definition) is 5. The fraction of sp³-hybridized carbons (Fsp3) is 0.789. The minimum atomic E-state index is 0.311. The predicted octanol–water partition coefficient (Wildman–Crippen LogP) is 2.42. The Balaban J connectivity index is 1.42. The van der Waals surface area contributed by atoms with Crippen LogP contribution in [0.25, 0.3) is 0 Å². The lowest BCUT2D eigenvalue weighted by Crippen LogP contribution is -2.54. The standard InChI is InChI=1S/C19H33N5/c1-16-13-20-18(21-14-16)23-7-5-17(6-8-23)15-22-9-11-24(12-10-22)19(2,3)4/h13-14,17H,5-12,15H2,1-4H3. The van der Waals surface area contributed by atoms with Crippen LogP contribution in [-0.4, -0.2) is 71.1 Å². The molecule has 3 rings (SSSR count). The summed E-state index contributed by atoms with van der Waals surface area (Å²) in [6.45, 7) is 17.3. The molecular weight excluding hydrogens is 298 g/mol. The van der Waals surface area contributed by atoms with E-state index >= 15 is 0 Å². The van der Waals surface area contributed by atoms with E-state index < -0.39 is 0 Å².